The van der Waals surface area contributed by atoms with E-state index in [1.807, 2.05) is 49.1 Å². The van der Waals surface area contributed by atoms with Crippen molar-refractivity contribution in [3.63, 3.8) is 0 Å². The maximum absolute atomic E-state index is 11.8. The molecule has 1 atom stereocenters. The van der Waals surface area contributed by atoms with Gasteiger partial charge in [0.2, 0.25) is 0 Å². The van der Waals surface area contributed by atoms with Crippen molar-refractivity contribution in [1.29, 1.82) is 0 Å². The van der Waals surface area contributed by atoms with Gasteiger partial charge in [-0.15, -0.1) is 10.2 Å². The minimum absolute atomic E-state index is 0.228. The fraction of sp³-hybridized carbons (Fsp3) is 0.385. The lowest BCUT2D eigenvalue weighted by Gasteiger charge is -2.22. The van der Waals surface area contributed by atoms with E-state index >= 15 is 0 Å². The van der Waals surface area contributed by atoms with Gasteiger partial charge in [-0.3, -0.25) is 9.69 Å². The van der Waals surface area contributed by atoms with Gasteiger partial charge in [0.25, 0.3) is 5.91 Å². The Bertz CT molecular complexity index is 477. The van der Waals surface area contributed by atoms with E-state index in [9.17, 15) is 4.79 Å². The normalized spacial score (nSPS) is 21.2. The number of hydrogen-bond donors (Lipinski definition) is 0. The summed E-state index contributed by atoms with van der Waals surface area (Å²) in [4.78, 5) is 18.2. The van der Waals surface area contributed by atoms with Crippen LogP contribution in [0.4, 0.5) is 5.69 Å². The highest BCUT2D eigenvalue weighted by molar-refractivity contribution is 6.12. The molecule has 0 aliphatic carbocycles. The third-order valence-corrected chi connectivity index (χ3v) is 2.91. The molecular formula is C13H16N4O. The Hall–Kier alpha value is -1.88. The average Bonchev–Trinajstić information content (AvgIpc) is 2.75. The van der Waals surface area contributed by atoms with Crippen LogP contribution in [-0.4, -0.2) is 35.8 Å². The fourth-order valence-corrected chi connectivity index (χ4v) is 1.95. The maximum Gasteiger partial charge on any atom is 0.289 e. The van der Waals surface area contributed by atoms with E-state index in [0.29, 0.717) is 5.84 Å². The number of hydrogen-bond acceptors (Lipinski definition) is 3. The predicted octanol–water partition coefficient (Wildman–Crippen LogP) is 2.42. The summed E-state index contributed by atoms with van der Waals surface area (Å²) in [7, 11) is 0. The van der Waals surface area contributed by atoms with Crippen molar-refractivity contribution >= 4 is 17.4 Å². The summed E-state index contributed by atoms with van der Waals surface area (Å²) in [5.74, 6) is 0.253. The van der Waals surface area contributed by atoms with Crippen LogP contribution in [0.1, 0.15) is 13.8 Å². The lowest BCUT2D eigenvalue weighted by Crippen LogP contribution is -2.42. The molecule has 5 heteroatoms. The smallest absolute Gasteiger partial charge is 0.286 e. The summed E-state index contributed by atoms with van der Waals surface area (Å²) < 4.78 is 0. The molecule has 2 rings (SSSR count). The van der Waals surface area contributed by atoms with Crippen molar-refractivity contribution in [1.82, 2.24) is 4.90 Å². The molecule has 0 N–H and O–H groups in total. The van der Waals surface area contributed by atoms with Crippen molar-refractivity contribution in [2.45, 2.75) is 19.9 Å². The predicted molar refractivity (Wildman–Crippen MR) is 70.1 cm³/mol. The van der Waals surface area contributed by atoms with Crippen LogP contribution < -0.4 is 0 Å². The zero-order chi connectivity index (χ0) is 13.0. The summed E-state index contributed by atoms with van der Waals surface area (Å²) in [6, 6.07) is 9.06. The molecule has 5 nitrogen and oxygen atoms in total. The highest BCUT2D eigenvalue weighted by Gasteiger charge is 2.34. The van der Waals surface area contributed by atoms with Gasteiger partial charge in [-0.2, -0.15) is 0 Å². The van der Waals surface area contributed by atoms with E-state index in [0.717, 1.165) is 18.8 Å². The summed E-state index contributed by atoms with van der Waals surface area (Å²) in [5.41, 5.74) is 0.790. The summed E-state index contributed by atoms with van der Waals surface area (Å²) >= 11 is 0. The van der Waals surface area contributed by atoms with Gasteiger partial charge in [0.15, 0.2) is 11.9 Å². The Morgan fingerprint density at radius 2 is 1.83 bits per heavy atom. The van der Waals surface area contributed by atoms with Crippen LogP contribution in [0, 0.1) is 0 Å². The van der Waals surface area contributed by atoms with Crippen LogP contribution in [0.25, 0.3) is 0 Å². The van der Waals surface area contributed by atoms with Crippen molar-refractivity contribution in [2.75, 3.05) is 13.1 Å². The van der Waals surface area contributed by atoms with Crippen molar-refractivity contribution in [3.8, 4) is 0 Å². The minimum Gasteiger partial charge on any atom is -0.286 e. The zero-order valence-electron chi connectivity index (χ0n) is 10.6. The van der Waals surface area contributed by atoms with E-state index in [4.69, 9.17) is 0 Å². The first-order chi connectivity index (χ1) is 8.76. The molecule has 0 saturated carbocycles. The number of likely N-dealkylation sites (N-methyl/N-ethyl adjacent to an activating group) is 1. The fourth-order valence-electron chi connectivity index (χ4n) is 1.95. The first-order valence-corrected chi connectivity index (χ1v) is 6.09. The zero-order valence-corrected chi connectivity index (χ0v) is 10.6. The molecule has 18 heavy (non-hydrogen) atoms. The average molecular weight is 244 g/mol. The number of carbonyl (C=O) groups is 1. The van der Waals surface area contributed by atoms with Crippen LogP contribution in [0.5, 0.6) is 0 Å². The number of carbonyl (C=O) groups excluding carboxylic acids is 1. The molecule has 0 aromatic heterocycles. The standard InChI is InChI=1S/C13H16N4O/c1-3-17(4-2)11-12(15-16-13(11)18)14-10-8-6-5-7-9-10/h5-9,11H,3-4H2,1-2H3. The SMILES string of the molecule is CCN(CC)C1C(=O)N=NC1=Nc1ccccc1. The van der Waals surface area contributed by atoms with Crippen LogP contribution in [0.2, 0.25) is 0 Å². The number of rotatable bonds is 4. The van der Waals surface area contributed by atoms with Crippen LogP contribution in [0.15, 0.2) is 45.6 Å². The summed E-state index contributed by atoms with van der Waals surface area (Å²) in [6.45, 7) is 5.56. The Kier molecular flexibility index (Phi) is 3.94. The van der Waals surface area contributed by atoms with Crippen molar-refractivity contribution < 1.29 is 4.79 Å². The monoisotopic (exact) mass is 244 g/mol. The van der Waals surface area contributed by atoms with Crippen molar-refractivity contribution in [2.24, 2.45) is 15.2 Å². The Morgan fingerprint density at radius 3 is 2.44 bits per heavy atom. The van der Waals surface area contributed by atoms with Crippen LogP contribution >= 0.6 is 0 Å². The minimum atomic E-state index is -0.430. The first-order valence-electron chi connectivity index (χ1n) is 6.09. The van der Waals surface area contributed by atoms with Gasteiger partial charge in [-0.25, -0.2) is 4.99 Å². The Balaban J connectivity index is 2.29. The Morgan fingerprint density at radius 1 is 1.17 bits per heavy atom. The number of amides is 1. The molecule has 1 aromatic carbocycles. The Labute approximate surface area is 106 Å². The highest BCUT2D eigenvalue weighted by atomic mass is 16.2. The van der Waals surface area contributed by atoms with Gasteiger partial charge in [-0.05, 0) is 25.2 Å². The number of nitrogens with zero attached hydrogens (tertiary/aromatic N) is 4. The molecule has 1 aliphatic rings. The second-order valence-electron chi connectivity index (χ2n) is 3.97. The number of para-hydroxylation sites is 1. The number of amidine groups is 1. The lowest BCUT2D eigenvalue weighted by molar-refractivity contribution is -0.120. The molecule has 0 fully saturated rings. The van der Waals surface area contributed by atoms with E-state index < -0.39 is 6.04 Å². The van der Waals surface area contributed by atoms with Gasteiger partial charge in [0.05, 0.1) is 5.69 Å². The van der Waals surface area contributed by atoms with Gasteiger partial charge in [-0.1, -0.05) is 32.0 Å². The molecule has 0 bridgehead atoms. The van der Waals surface area contributed by atoms with Gasteiger partial charge < -0.3 is 0 Å². The number of azo groups is 1. The van der Waals surface area contributed by atoms with Crippen molar-refractivity contribution in [3.05, 3.63) is 30.3 Å². The topological polar surface area (TPSA) is 57.4 Å². The second kappa shape index (κ2) is 5.64. The molecule has 0 spiro atoms. The maximum atomic E-state index is 11.8. The molecule has 1 amide bonds. The number of aliphatic imine (C=N–C) groups is 1. The molecule has 1 aromatic rings. The molecule has 1 unspecified atom stereocenters. The molecule has 0 radical (unpaired) electrons. The lowest BCUT2D eigenvalue weighted by atomic mass is 10.2. The third kappa shape index (κ3) is 2.51. The van der Waals surface area contributed by atoms with E-state index in [2.05, 4.69) is 15.2 Å². The van der Waals surface area contributed by atoms with Gasteiger partial charge in [0, 0.05) is 0 Å². The van der Waals surface area contributed by atoms with Gasteiger partial charge >= 0.3 is 0 Å². The molecule has 1 aliphatic heterocycles. The number of benzene rings is 1. The van der Waals surface area contributed by atoms with E-state index in [1.54, 1.807) is 0 Å². The third-order valence-electron chi connectivity index (χ3n) is 2.91. The molecule has 0 saturated heterocycles. The van der Waals surface area contributed by atoms with Crippen LogP contribution in [-0.2, 0) is 4.79 Å². The summed E-state index contributed by atoms with van der Waals surface area (Å²) in [6.07, 6.45) is 0. The molecular weight excluding hydrogens is 228 g/mol. The quantitative estimate of drug-likeness (QED) is 0.816. The largest absolute Gasteiger partial charge is 0.289 e. The molecule has 94 valence electrons. The first kappa shape index (κ1) is 12.6. The van der Waals surface area contributed by atoms with Gasteiger partial charge in [0.1, 0.15) is 0 Å². The molecule has 1 heterocycles. The second-order valence-corrected chi connectivity index (χ2v) is 3.97. The highest BCUT2D eigenvalue weighted by Crippen LogP contribution is 2.18. The van der Waals surface area contributed by atoms with E-state index in [1.165, 1.54) is 0 Å². The summed E-state index contributed by atoms with van der Waals surface area (Å²) in [5, 5.41) is 7.52. The van der Waals surface area contributed by atoms with Crippen LogP contribution in [0.3, 0.4) is 0 Å². The van der Waals surface area contributed by atoms with E-state index in [-0.39, 0.29) is 5.91 Å².